The number of amides is 1. The molecule has 1 N–H and O–H groups in total. The van der Waals surface area contributed by atoms with E-state index in [4.69, 9.17) is 4.74 Å². The van der Waals surface area contributed by atoms with Gasteiger partial charge >= 0.3 is 0 Å². The predicted octanol–water partition coefficient (Wildman–Crippen LogP) is 2.99. The van der Waals surface area contributed by atoms with Gasteiger partial charge < -0.3 is 20.0 Å². The number of hydrogen-bond donors (Lipinski definition) is 1. The van der Waals surface area contributed by atoms with Gasteiger partial charge in [0.1, 0.15) is 5.75 Å². The molecule has 2 rings (SSSR count). The van der Waals surface area contributed by atoms with Crippen LogP contribution in [0.5, 0.6) is 5.75 Å². The molecule has 144 valence electrons. The summed E-state index contributed by atoms with van der Waals surface area (Å²) in [6.07, 6.45) is -0.306. The second kappa shape index (κ2) is 8.71. The average molecular weight is 368 g/mol. The summed E-state index contributed by atoms with van der Waals surface area (Å²) in [5.74, 6) is -0.856. The average Bonchev–Trinajstić information content (AvgIpc) is 2.61. The van der Waals surface area contributed by atoms with E-state index in [0.717, 1.165) is 5.56 Å². The first kappa shape index (κ1) is 20.5. The van der Waals surface area contributed by atoms with Crippen molar-refractivity contribution in [3.8, 4) is 5.75 Å². The van der Waals surface area contributed by atoms with Gasteiger partial charge in [-0.05, 0) is 47.7 Å². The lowest BCUT2D eigenvalue weighted by Crippen LogP contribution is -2.34. The molecule has 2 aromatic rings. The monoisotopic (exact) mass is 368 g/mol. The van der Waals surface area contributed by atoms with E-state index in [0.29, 0.717) is 23.5 Å². The molecule has 0 aliphatic rings. The van der Waals surface area contributed by atoms with Gasteiger partial charge in [0.25, 0.3) is 5.91 Å². The van der Waals surface area contributed by atoms with E-state index in [2.05, 4.69) is 26.1 Å². The highest BCUT2D eigenvalue weighted by Crippen LogP contribution is 2.23. The van der Waals surface area contributed by atoms with Gasteiger partial charge in [-0.15, -0.1) is 0 Å². The molecule has 1 atom stereocenters. The van der Waals surface area contributed by atoms with Crippen LogP contribution in [0.25, 0.3) is 0 Å². The van der Waals surface area contributed by atoms with E-state index in [-0.39, 0.29) is 17.7 Å². The third-order valence-corrected chi connectivity index (χ3v) is 4.28. The topological polar surface area (TPSA) is 78.5 Å². The Hall–Kier alpha value is -2.82. The fourth-order valence-corrected chi connectivity index (χ4v) is 2.75. The van der Waals surface area contributed by atoms with Gasteiger partial charge in [0, 0.05) is 18.0 Å². The molecular weight excluding hydrogens is 342 g/mol. The van der Waals surface area contributed by atoms with Crippen molar-refractivity contribution in [2.45, 2.75) is 45.6 Å². The maximum Gasteiger partial charge on any atom is 0.251 e. The molecule has 0 aromatic heterocycles. The van der Waals surface area contributed by atoms with Crippen LogP contribution in [-0.4, -0.2) is 18.5 Å². The van der Waals surface area contributed by atoms with E-state index in [1.807, 2.05) is 19.1 Å². The number of benzene rings is 2. The summed E-state index contributed by atoms with van der Waals surface area (Å²) in [6.45, 7) is 8.73. The lowest BCUT2D eigenvalue weighted by atomic mass is 9.86. The van der Waals surface area contributed by atoms with Crippen molar-refractivity contribution in [3.05, 3.63) is 65.2 Å². The van der Waals surface area contributed by atoms with Gasteiger partial charge in [-0.3, -0.25) is 4.79 Å². The summed E-state index contributed by atoms with van der Waals surface area (Å²) in [5.41, 5.74) is 2.28. The van der Waals surface area contributed by atoms with Crippen LogP contribution >= 0.6 is 0 Å². The van der Waals surface area contributed by atoms with Crippen LogP contribution in [0.2, 0.25) is 0 Å². The Morgan fingerprint density at radius 1 is 1.04 bits per heavy atom. The number of nitrogens with one attached hydrogen (secondary N) is 1. The molecule has 5 heteroatoms. The van der Waals surface area contributed by atoms with Crippen LogP contribution in [0.4, 0.5) is 0 Å². The number of ether oxygens (including phenoxy) is 1. The highest BCUT2D eigenvalue weighted by Gasteiger charge is 2.18. The Morgan fingerprint density at radius 3 is 2.11 bits per heavy atom. The number of carboxylic acid groups (broad SMARTS) is 1. The van der Waals surface area contributed by atoms with Crippen LogP contribution in [0, 0.1) is 0 Å². The lowest BCUT2D eigenvalue weighted by Gasteiger charge is -2.21. The van der Waals surface area contributed by atoms with Crippen molar-refractivity contribution in [1.82, 2.24) is 5.32 Å². The number of hydrogen-bond acceptors (Lipinski definition) is 4. The fraction of sp³-hybridized carbons (Fsp3) is 0.364. The zero-order valence-corrected chi connectivity index (χ0v) is 16.2. The van der Waals surface area contributed by atoms with Crippen LogP contribution in [0.3, 0.4) is 0 Å². The summed E-state index contributed by atoms with van der Waals surface area (Å²) in [5, 5.41) is 13.9. The number of rotatable bonds is 7. The number of aliphatic carboxylic acids is 1. The summed E-state index contributed by atoms with van der Waals surface area (Å²) >= 11 is 0. The minimum Gasteiger partial charge on any atom is -0.550 e. The molecule has 0 bridgehead atoms. The Bertz CT molecular complexity index is 773. The molecule has 0 unspecified atom stereocenters. The van der Waals surface area contributed by atoms with Crippen LogP contribution in [0.1, 0.15) is 61.6 Å². The molecule has 0 saturated carbocycles. The fourth-order valence-electron chi connectivity index (χ4n) is 2.75. The van der Waals surface area contributed by atoms with E-state index < -0.39 is 12.0 Å². The van der Waals surface area contributed by atoms with Gasteiger partial charge in [-0.2, -0.15) is 0 Å². The molecule has 1 amide bonds. The zero-order chi connectivity index (χ0) is 20.0. The van der Waals surface area contributed by atoms with Crippen LogP contribution < -0.4 is 15.2 Å². The van der Waals surface area contributed by atoms with Crippen molar-refractivity contribution in [1.29, 1.82) is 0 Å². The molecule has 27 heavy (non-hydrogen) atoms. The summed E-state index contributed by atoms with van der Waals surface area (Å²) in [7, 11) is 0. The van der Waals surface area contributed by atoms with Gasteiger partial charge in [0.15, 0.2) is 0 Å². The van der Waals surface area contributed by atoms with Crippen molar-refractivity contribution in [3.63, 3.8) is 0 Å². The van der Waals surface area contributed by atoms with Gasteiger partial charge in [-0.25, -0.2) is 0 Å². The van der Waals surface area contributed by atoms with E-state index in [1.165, 1.54) is 0 Å². The smallest absolute Gasteiger partial charge is 0.251 e. The first-order valence-corrected chi connectivity index (χ1v) is 9.04. The maximum atomic E-state index is 12.6. The molecule has 0 aliphatic heterocycles. The molecule has 0 fully saturated rings. The van der Waals surface area contributed by atoms with E-state index in [9.17, 15) is 14.7 Å². The predicted molar refractivity (Wildman–Crippen MR) is 103 cm³/mol. The summed E-state index contributed by atoms with van der Waals surface area (Å²) in [4.78, 5) is 23.7. The first-order chi connectivity index (χ1) is 12.7. The van der Waals surface area contributed by atoms with Crippen molar-refractivity contribution < 1.29 is 19.4 Å². The Kier molecular flexibility index (Phi) is 6.61. The van der Waals surface area contributed by atoms with Crippen LogP contribution in [-0.2, 0) is 10.2 Å². The van der Waals surface area contributed by atoms with E-state index >= 15 is 0 Å². The number of carbonyl (C=O) groups is 2. The molecule has 0 saturated heterocycles. The molecular formula is C22H26NO4-. The molecule has 0 aliphatic carbocycles. The largest absolute Gasteiger partial charge is 0.550 e. The minimum atomic E-state index is -1.22. The minimum absolute atomic E-state index is 0.00513. The third-order valence-electron chi connectivity index (χ3n) is 4.28. The summed E-state index contributed by atoms with van der Waals surface area (Å²) < 4.78 is 5.39. The molecule has 5 nitrogen and oxygen atoms in total. The quantitative estimate of drug-likeness (QED) is 0.815. The second-order valence-electron chi connectivity index (χ2n) is 7.43. The lowest BCUT2D eigenvalue weighted by molar-refractivity contribution is -0.306. The third kappa shape index (κ3) is 5.84. The molecule has 0 radical (unpaired) electrons. The Morgan fingerprint density at radius 2 is 1.63 bits per heavy atom. The second-order valence-corrected chi connectivity index (χ2v) is 7.43. The Balaban J connectivity index is 2.17. The molecule has 0 heterocycles. The normalized spacial score (nSPS) is 12.3. The van der Waals surface area contributed by atoms with E-state index in [1.54, 1.807) is 36.4 Å². The van der Waals surface area contributed by atoms with Gasteiger partial charge in [-0.1, -0.05) is 45.0 Å². The molecule has 0 spiro atoms. The van der Waals surface area contributed by atoms with Crippen molar-refractivity contribution in [2.24, 2.45) is 0 Å². The summed E-state index contributed by atoms with van der Waals surface area (Å²) in [6, 6.07) is 13.7. The van der Waals surface area contributed by atoms with Gasteiger partial charge in [0.05, 0.1) is 12.6 Å². The highest BCUT2D eigenvalue weighted by atomic mass is 16.5. The Labute approximate surface area is 160 Å². The molecule has 2 aromatic carbocycles. The number of carboxylic acids is 1. The van der Waals surface area contributed by atoms with Gasteiger partial charge in [0.2, 0.25) is 0 Å². The standard InChI is InChI=1S/C22H27NO4/c1-5-27-18-12-8-15(9-13-18)19(14-20(24)25)23-21(26)16-6-10-17(11-7-16)22(2,3)4/h6-13,19H,5,14H2,1-4H3,(H,23,26)(H,24,25)/p-1/t19-/m1/s1. The van der Waals surface area contributed by atoms with Crippen molar-refractivity contribution >= 4 is 11.9 Å². The highest BCUT2D eigenvalue weighted by molar-refractivity contribution is 5.94. The maximum absolute atomic E-state index is 12.6. The SMILES string of the molecule is CCOc1ccc([C@@H](CC(=O)[O-])NC(=O)c2ccc(C(C)(C)C)cc2)cc1. The van der Waals surface area contributed by atoms with Crippen molar-refractivity contribution in [2.75, 3.05) is 6.61 Å². The number of carbonyl (C=O) groups excluding carboxylic acids is 2. The van der Waals surface area contributed by atoms with Crippen LogP contribution in [0.15, 0.2) is 48.5 Å². The zero-order valence-electron chi connectivity index (χ0n) is 16.2. The first-order valence-electron chi connectivity index (χ1n) is 9.04.